The van der Waals surface area contributed by atoms with Gasteiger partial charge < -0.3 is 9.47 Å². The molecule has 1 aliphatic heterocycles. The van der Waals surface area contributed by atoms with E-state index in [1.54, 1.807) is 0 Å². The van der Waals surface area contributed by atoms with Crippen LogP contribution >= 0.6 is 11.8 Å². The van der Waals surface area contributed by atoms with Crippen molar-refractivity contribution in [2.45, 2.75) is 23.0 Å². The van der Waals surface area contributed by atoms with Crippen LogP contribution in [0.25, 0.3) is 71.6 Å². The van der Waals surface area contributed by atoms with Crippen molar-refractivity contribution in [1.82, 2.24) is 14.5 Å². The maximum Gasteiger partial charge on any atom is 0.235 e. The summed E-state index contributed by atoms with van der Waals surface area (Å²) in [5, 5.41) is 6.17. The molecule has 2 aromatic heterocycles. The minimum absolute atomic E-state index is 0.295. The van der Waals surface area contributed by atoms with Crippen molar-refractivity contribution in [2.75, 3.05) is 9.80 Å². The van der Waals surface area contributed by atoms with Gasteiger partial charge in [-0.15, -0.1) is 11.8 Å². The van der Waals surface area contributed by atoms with Crippen molar-refractivity contribution < 1.29 is 0 Å². The van der Waals surface area contributed by atoms with Crippen LogP contribution in [0.5, 0.6) is 0 Å². The Labute approximate surface area is 440 Å². The van der Waals surface area contributed by atoms with Crippen LogP contribution in [0.1, 0.15) is 22.8 Å². The monoisotopic (exact) mass is 979 g/mol. The largest absolute Gasteiger partial charge is 0.311 e. The predicted molar refractivity (Wildman–Crippen MR) is 316 cm³/mol. The number of nitrogens with zero attached hydrogens (tertiary/aromatic N) is 5. The highest BCUT2D eigenvalue weighted by atomic mass is 32.2. The lowest BCUT2D eigenvalue weighted by Crippen LogP contribution is -2.14. The summed E-state index contributed by atoms with van der Waals surface area (Å²) in [6.45, 7) is 0. The molecule has 12 aromatic rings. The van der Waals surface area contributed by atoms with Crippen LogP contribution in [0.2, 0.25) is 0 Å². The van der Waals surface area contributed by atoms with Crippen molar-refractivity contribution in [3.8, 4) is 22.4 Å². The Kier molecular flexibility index (Phi) is 11.3. The maximum atomic E-state index is 5.75. The molecule has 0 amide bonds. The van der Waals surface area contributed by atoms with E-state index in [-0.39, 0.29) is 0 Å². The number of rotatable bonds is 10. The quantitative estimate of drug-likeness (QED) is 0.136. The van der Waals surface area contributed by atoms with Crippen molar-refractivity contribution in [3.05, 3.63) is 278 Å². The summed E-state index contributed by atoms with van der Waals surface area (Å²) in [6, 6.07) is 85.2. The molecule has 1 aliphatic carbocycles. The molecular weight excluding hydrogens is 931 g/mol. The average molecular weight is 980 g/mol. The lowest BCUT2D eigenvalue weighted by molar-refractivity contribution is 0.951. The maximum absolute atomic E-state index is 5.75. The fourth-order valence-corrected chi connectivity index (χ4v) is 12.6. The molecule has 10 aromatic carbocycles. The molecule has 1 atom stereocenters. The highest BCUT2D eigenvalue weighted by molar-refractivity contribution is 8.00. The highest BCUT2D eigenvalue weighted by Gasteiger charge is 2.29. The second-order valence-electron chi connectivity index (χ2n) is 19.2. The molecule has 6 heteroatoms. The van der Waals surface area contributed by atoms with Gasteiger partial charge in [-0.25, -0.2) is 9.97 Å². The van der Waals surface area contributed by atoms with Gasteiger partial charge in [0.2, 0.25) is 5.95 Å². The molecular formula is C69H49N5S. The van der Waals surface area contributed by atoms with E-state index >= 15 is 0 Å². The lowest BCUT2D eigenvalue weighted by Gasteiger charge is -2.26. The van der Waals surface area contributed by atoms with Gasteiger partial charge in [-0.3, -0.25) is 4.90 Å². The van der Waals surface area contributed by atoms with Gasteiger partial charge in [-0.05, 0) is 119 Å². The van der Waals surface area contributed by atoms with Gasteiger partial charge in [0.25, 0.3) is 0 Å². The van der Waals surface area contributed by atoms with E-state index in [9.17, 15) is 0 Å². The second kappa shape index (κ2) is 19.0. The summed E-state index contributed by atoms with van der Waals surface area (Å²) in [5.74, 6) is 0.602. The van der Waals surface area contributed by atoms with Gasteiger partial charge in [0.15, 0.2) is 0 Å². The number of fused-ring (bicyclic) bond motifs is 7. The first kappa shape index (κ1) is 44.5. The minimum atomic E-state index is 0.295. The molecule has 14 rings (SSSR count). The molecule has 2 aliphatic rings. The van der Waals surface area contributed by atoms with Gasteiger partial charge >= 0.3 is 0 Å². The van der Waals surface area contributed by atoms with Crippen LogP contribution in [0.4, 0.5) is 34.4 Å². The summed E-state index contributed by atoms with van der Waals surface area (Å²) in [5.41, 5.74) is 16.5. The van der Waals surface area contributed by atoms with Crippen LogP contribution in [-0.2, 0) is 6.42 Å². The summed E-state index contributed by atoms with van der Waals surface area (Å²) >= 11 is 1.94. The molecule has 3 heterocycles. The smallest absolute Gasteiger partial charge is 0.235 e. The molecule has 356 valence electrons. The second-order valence-corrected chi connectivity index (χ2v) is 20.4. The van der Waals surface area contributed by atoms with Crippen LogP contribution in [0.3, 0.4) is 0 Å². The van der Waals surface area contributed by atoms with Gasteiger partial charge in [0.1, 0.15) is 0 Å². The third-order valence-electron chi connectivity index (χ3n) is 14.7. The van der Waals surface area contributed by atoms with Gasteiger partial charge in [-0.1, -0.05) is 188 Å². The van der Waals surface area contributed by atoms with E-state index in [1.807, 2.05) is 11.8 Å². The summed E-state index contributed by atoms with van der Waals surface area (Å²) in [7, 11) is 0. The molecule has 0 N–H and O–H groups in total. The number of thioether (sulfide) groups is 1. The lowest BCUT2D eigenvalue weighted by atomic mass is 10.00. The normalized spacial score (nSPS) is 14.1. The Balaban J connectivity index is 0.943. The van der Waals surface area contributed by atoms with Crippen molar-refractivity contribution >= 4 is 95.3 Å². The van der Waals surface area contributed by atoms with E-state index in [4.69, 9.17) is 9.97 Å². The zero-order valence-electron chi connectivity index (χ0n) is 41.0. The van der Waals surface area contributed by atoms with Gasteiger partial charge in [0.05, 0.1) is 22.2 Å². The first-order valence-corrected chi connectivity index (χ1v) is 26.6. The first-order valence-electron chi connectivity index (χ1n) is 25.7. The molecule has 5 nitrogen and oxygen atoms in total. The molecule has 1 unspecified atom stereocenters. The third kappa shape index (κ3) is 8.08. The molecule has 0 bridgehead atoms. The Bertz CT molecular complexity index is 4160. The molecule has 75 heavy (non-hydrogen) atoms. The molecule has 0 spiro atoms. The Morgan fingerprint density at radius 2 is 1.13 bits per heavy atom. The number of aromatic nitrogens is 3. The zero-order chi connectivity index (χ0) is 49.7. The average Bonchev–Trinajstić information content (AvgIpc) is 3.99. The SMILES string of the molecule is C1=CCC=C(n2c3ccccc3c3cccc(-c4ccc(N(c5ccc6ccccc6c5)c5nc(-c6ccc(N(c7ccccc7)c7ccccc7)cc6)c6c7c(ccc6n5)CC(c5ccccc5)S7)cc4)c32)C=C1. The molecule has 0 fully saturated rings. The van der Waals surface area contributed by atoms with Crippen molar-refractivity contribution in [1.29, 1.82) is 0 Å². The van der Waals surface area contributed by atoms with E-state index in [0.29, 0.717) is 11.2 Å². The highest BCUT2D eigenvalue weighted by Crippen LogP contribution is 2.52. The first-order chi connectivity index (χ1) is 37.2. The fraction of sp³-hybridized carbons (Fsp3) is 0.0435. The predicted octanol–water partition coefficient (Wildman–Crippen LogP) is 18.9. The van der Waals surface area contributed by atoms with Crippen molar-refractivity contribution in [2.24, 2.45) is 0 Å². The van der Waals surface area contributed by atoms with Crippen LogP contribution < -0.4 is 9.80 Å². The fourth-order valence-electron chi connectivity index (χ4n) is 11.2. The van der Waals surface area contributed by atoms with Crippen LogP contribution in [0.15, 0.2) is 272 Å². The van der Waals surface area contributed by atoms with Crippen LogP contribution in [-0.4, -0.2) is 14.5 Å². The summed E-state index contributed by atoms with van der Waals surface area (Å²) < 4.78 is 2.44. The number of anilines is 6. The van der Waals surface area contributed by atoms with E-state index in [2.05, 4.69) is 281 Å². The molecule has 0 saturated carbocycles. The van der Waals surface area contributed by atoms with E-state index in [0.717, 1.165) is 74.4 Å². The summed E-state index contributed by atoms with van der Waals surface area (Å²) in [6.07, 6.45) is 12.8. The van der Waals surface area contributed by atoms with E-state index < -0.39 is 0 Å². The third-order valence-corrected chi connectivity index (χ3v) is 16.1. The Morgan fingerprint density at radius 3 is 1.91 bits per heavy atom. The summed E-state index contributed by atoms with van der Waals surface area (Å²) in [4.78, 5) is 17.1. The zero-order valence-corrected chi connectivity index (χ0v) is 41.9. The van der Waals surface area contributed by atoms with Crippen molar-refractivity contribution in [3.63, 3.8) is 0 Å². The topological polar surface area (TPSA) is 37.2 Å². The van der Waals surface area contributed by atoms with Crippen LogP contribution in [0, 0.1) is 0 Å². The minimum Gasteiger partial charge on any atom is -0.311 e. The molecule has 0 saturated heterocycles. The Morgan fingerprint density at radius 1 is 0.493 bits per heavy atom. The number of hydrogen-bond acceptors (Lipinski definition) is 5. The standard InChI is InChI=1S/C69H49N5S/c1-2-9-28-55(27-8-1)74-63-32-17-16-29-60(63)61-31-18-30-59(67(61)74)48-34-39-57(40-35-48)73(58-43-33-47-19-14-15-22-51(47)45-58)69-70-62-44-38-52-46-64(49-20-6-3-7-21-49)75-68(52)65(62)66(71-69)50-36-41-56(42-37-50)72(53-23-10-4-11-24-53)54-25-12-5-13-26-54/h1-8,10-45,64H,9,46H2. The molecule has 0 radical (unpaired) electrons. The van der Waals surface area contributed by atoms with Gasteiger partial charge in [0, 0.05) is 71.6 Å². The Hall–Kier alpha value is -9.23. The van der Waals surface area contributed by atoms with Gasteiger partial charge in [-0.2, -0.15) is 0 Å². The number of benzene rings is 10. The number of para-hydroxylation sites is 4. The van der Waals surface area contributed by atoms with E-state index in [1.165, 1.54) is 54.5 Å². The number of hydrogen-bond donors (Lipinski definition) is 0. The number of allylic oxidation sites excluding steroid dienone is 6.